The first kappa shape index (κ1) is 20.7. The van der Waals surface area contributed by atoms with Crippen LogP contribution in [0.25, 0.3) is 0 Å². The largest absolute Gasteiger partial charge is 0.493 e. The van der Waals surface area contributed by atoms with Gasteiger partial charge in [-0.1, -0.05) is 11.6 Å². The van der Waals surface area contributed by atoms with Gasteiger partial charge in [0, 0.05) is 25.1 Å². The van der Waals surface area contributed by atoms with Crippen molar-refractivity contribution in [2.75, 3.05) is 20.3 Å². The van der Waals surface area contributed by atoms with Crippen LogP contribution >= 0.6 is 23.8 Å². The van der Waals surface area contributed by atoms with Gasteiger partial charge in [0.05, 0.1) is 12.1 Å². The number of halogens is 1. The first-order valence-electron chi connectivity index (χ1n) is 8.08. The number of amides is 2. The van der Waals surface area contributed by atoms with Crippen LogP contribution < -0.4 is 20.5 Å². The molecule has 2 aromatic rings. The molecule has 0 bridgehead atoms. The maximum absolute atomic E-state index is 12.4. The summed E-state index contributed by atoms with van der Waals surface area (Å²) < 4.78 is 12.8. The van der Waals surface area contributed by atoms with Crippen molar-refractivity contribution in [3.8, 4) is 11.5 Å². The van der Waals surface area contributed by atoms with Crippen LogP contribution in [0.15, 0.2) is 12.1 Å². The van der Waals surface area contributed by atoms with Crippen molar-refractivity contribution in [3.05, 3.63) is 33.3 Å². The number of benzene rings is 1. The number of hydrogen-bond acceptors (Lipinski definition) is 6. The molecule has 11 heteroatoms. The monoisotopic (exact) mass is 413 g/mol. The Hall–Kier alpha value is -2.59. The molecule has 9 nitrogen and oxygen atoms in total. The van der Waals surface area contributed by atoms with Gasteiger partial charge in [0.25, 0.3) is 11.8 Å². The summed E-state index contributed by atoms with van der Waals surface area (Å²) in [6, 6.07) is 2.90. The minimum Gasteiger partial charge on any atom is -0.493 e. The molecule has 0 unspecified atom stereocenters. The lowest BCUT2D eigenvalue weighted by molar-refractivity contribution is -0.119. The fourth-order valence-corrected chi connectivity index (χ4v) is 2.94. The quantitative estimate of drug-likeness (QED) is 0.534. The summed E-state index contributed by atoms with van der Waals surface area (Å²) in [7, 11) is 1.40. The van der Waals surface area contributed by atoms with E-state index in [9.17, 15) is 9.59 Å². The molecule has 0 aliphatic carbocycles. The lowest BCUT2D eigenvalue weighted by Crippen LogP contribution is -2.26. The number of hydrogen-bond donors (Lipinski definition) is 3. The summed E-state index contributed by atoms with van der Waals surface area (Å²) in [6.07, 6.45) is 0.511. The Kier molecular flexibility index (Phi) is 7.19. The minimum absolute atomic E-state index is 0.132. The van der Waals surface area contributed by atoms with E-state index in [1.807, 2.05) is 11.5 Å². The molecule has 0 saturated heterocycles. The number of methoxy groups -OCH3 is 1. The number of ether oxygens (including phenoxy) is 2. The number of carbonyl (C=O) groups is 2. The van der Waals surface area contributed by atoms with E-state index in [2.05, 4.69) is 15.5 Å². The third kappa shape index (κ3) is 5.20. The maximum Gasteiger partial charge on any atom is 0.255 e. The second-order valence-electron chi connectivity index (χ2n) is 5.44. The molecule has 1 heterocycles. The summed E-state index contributed by atoms with van der Waals surface area (Å²) >= 11 is 11.3. The van der Waals surface area contributed by atoms with Gasteiger partial charge in [-0.2, -0.15) is 5.10 Å². The zero-order valence-corrected chi connectivity index (χ0v) is 16.4. The second kappa shape index (κ2) is 9.38. The molecular weight excluding hydrogens is 394 g/mol. The second-order valence-corrected chi connectivity index (χ2v) is 6.23. The topological polar surface area (TPSA) is 124 Å². The molecule has 27 heavy (non-hydrogen) atoms. The summed E-state index contributed by atoms with van der Waals surface area (Å²) in [5.41, 5.74) is 5.35. The molecule has 1 aromatic carbocycles. The van der Waals surface area contributed by atoms with Crippen molar-refractivity contribution in [3.63, 3.8) is 0 Å². The lowest BCUT2D eigenvalue weighted by atomic mass is 10.2. The van der Waals surface area contributed by atoms with E-state index in [0.29, 0.717) is 24.3 Å². The Morgan fingerprint density at radius 2 is 2.19 bits per heavy atom. The highest BCUT2D eigenvalue weighted by Crippen LogP contribution is 2.36. The van der Waals surface area contributed by atoms with Gasteiger partial charge in [-0.15, -0.1) is 0 Å². The van der Waals surface area contributed by atoms with Gasteiger partial charge < -0.3 is 25.1 Å². The van der Waals surface area contributed by atoms with E-state index in [1.54, 1.807) is 0 Å². The predicted octanol–water partition coefficient (Wildman–Crippen LogP) is 1.46. The molecule has 0 aliphatic rings. The number of aromatic amines is 1. The van der Waals surface area contributed by atoms with Crippen LogP contribution in [0.1, 0.15) is 23.1 Å². The average Bonchev–Trinajstić information content (AvgIpc) is 2.99. The highest BCUT2D eigenvalue weighted by molar-refractivity contribution is 7.71. The fourth-order valence-electron chi connectivity index (χ4n) is 2.39. The van der Waals surface area contributed by atoms with Crippen molar-refractivity contribution in [1.29, 1.82) is 0 Å². The van der Waals surface area contributed by atoms with Gasteiger partial charge in [0.2, 0.25) is 0 Å². The fraction of sp³-hybridized carbons (Fsp3) is 0.375. The van der Waals surface area contributed by atoms with Crippen molar-refractivity contribution in [2.45, 2.75) is 19.9 Å². The Morgan fingerprint density at radius 3 is 2.81 bits per heavy atom. The molecule has 146 valence electrons. The van der Waals surface area contributed by atoms with Crippen molar-refractivity contribution in [2.24, 2.45) is 5.73 Å². The van der Waals surface area contributed by atoms with Crippen LogP contribution in [0.2, 0.25) is 5.02 Å². The Morgan fingerprint density at radius 1 is 1.44 bits per heavy atom. The van der Waals surface area contributed by atoms with Gasteiger partial charge >= 0.3 is 0 Å². The molecule has 0 spiro atoms. The van der Waals surface area contributed by atoms with Gasteiger partial charge in [-0.25, -0.2) is 0 Å². The Bertz CT molecular complexity index is 895. The van der Waals surface area contributed by atoms with Crippen molar-refractivity contribution < 1.29 is 19.1 Å². The number of nitrogens with two attached hydrogens (primary N) is 1. The summed E-state index contributed by atoms with van der Waals surface area (Å²) in [6.45, 7) is 2.66. The average molecular weight is 414 g/mol. The number of aromatic nitrogens is 3. The Balaban J connectivity index is 2.06. The van der Waals surface area contributed by atoms with Crippen molar-refractivity contribution in [1.82, 2.24) is 20.1 Å². The van der Waals surface area contributed by atoms with Crippen LogP contribution in [0.5, 0.6) is 11.5 Å². The maximum atomic E-state index is 12.4. The van der Waals surface area contributed by atoms with E-state index in [4.69, 9.17) is 39.0 Å². The standard InChI is InChI=1S/C16H20ClN5O4S/c1-3-22-13(20-21-16(22)27)4-5-19-15(24)9-6-10(17)14(11(7-9)25-2)26-8-12(18)23/h6-7H,3-5,8H2,1-2H3,(H2,18,23)(H,19,24)(H,21,27). The minimum atomic E-state index is -0.653. The van der Waals surface area contributed by atoms with Gasteiger partial charge in [0.15, 0.2) is 22.9 Å². The number of nitrogens with zero attached hydrogens (tertiary/aromatic N) is 2. The molecule has 0 radical (unpaired) electrons. The molecule has 2 amide bonds. The molecule has 0 aliphatic heterocycles. The molecule has 0 saturated carbocycles. The summed E-state index contributed by atoms with van der Waals surface area (Å²) in [4.78, 5) is 23.3. The first-order valence-corrected chi connectivity index (χ1v) is 8.86. The predicted molar refractivity (Wildman–Crippen MR) is 102 cm³/mol. The molecule has 0 fully saturated rings. The molecule has 1 aromatic heterocycles. The third-order valence-electron chi connectivity index (χ3n) is 3.64. The lowest BCUT2D eigenvalue weighted by Gasteiger charge is -2.13. The van der Waals surface area contributed by atoms with Crippen molar-refractivity contribution >= 4 is 35.6 Å². The van der Waals surface area contributed by atoms with Gasteiger partial charge in [0.1, 0.15) is 5.82 Å². The van der Waals surface area contributed by atoms with E-state index < -0.39 is 5.91 Å². The van der Waals surface area contributed by atoms with Gasteiger partial charge in [-0.05, 0) is 31.3 Å². The number of nitrogens with one attached hydrogen (secondary N) is 2. The smallest absolute Gasteiger partial charge is 0.255 e. The van der Waals surface area contributed by atoms with Crippen LogP contribution in [0.4, 0.5) is 0 Å². The normalized spacial score (nSPS) is 10.5. The van der Waals surface area contributed by atoms with Crippen LogP contribution in [-0.2, 0) is 17.8 Å². The van der Waals surface area contributed by atoms with E-state index in [1.165, 1.54) is 19.2 Å². The molecule has 0 atom stereocenters. The molecule has 4 N–H and O–H groups in total. The summed E-state index contributed by atoms with van der Waals surface area (Å²) in [5.74, 6) is 0.135. The number of H-pyrrole nitrogens is 1. The molecular formula is C16H20ClN5O4S. The Labute approximate surface area is 165 Å². The number of primary amides is 1. The zero-order chi connectivity index (χ0) is 20.0. The highest BCUT2D eigenvalue weighted by Gasteiger charge is 2.16. The third-order valence-corrected chi connectivity index (χ3v) is 4.23. The van der Waals surface area contributed by atoms with E-state index in [0.717, 1.165) is 5.82 Å². The highest BCUT2D eigenvalue weighted by atomic mass is 35.5. The number of rotatable bonds is 9. The summed E-state index contributed by atoms with van der Waals surface area (Å²) in [5, 5.41) is 9.79. The van der Waals surface area contributed by atoms with Crippen LogP contribution in [0.3, 0.4) is 0 Å². The zero-order valence-electron chi connectivity index (χ0n) is 14.9. The van der Waals surface area contributed by atoms with Crippen LogP contribution in [-0.4, -0.2) is 46.8 Å². The van der Waals surface area contributed by atoms with E-state index in [-0.39, 0.29) is 34.6 Å². The SMILES string of the molecule is CCn1c(CCNC(=O)c2cc(Cl)c(OCC(N)=O)c(OC)c2)n[nH]c1=S. The van der Waals surface area contributed by atoms with E-state index >= 15 is 0 Å². The molecule has 2 rings (SSSR count). The van der Waals surface area contributed by atoms with Gasteiger partial charge in [-0.3, -0.25) is 14.7 Å². The van der Waals surface area contributed by atoms with Crippen LogP contribution in [0, 0.1) is 4.77 Å². The first-order chi connectivity index (χ1) is 12.9. The number of carbonyl (C=O) groups excluding carboxylic acids is 2.